The maximum absolute atomic E-state index is 5.35. The van der Waals surface area contributed by atoms with Crippen molar-refractivity contribution in [3.05, 3.63) is 24.2 Å². The molecule has 1 aliphatic rings. The summed E-state index contributed by atoms with van der Waals surface area (Å²) in [4.78, 5) is 11.1. The lowest BCUT2D eigenvalue weighted by molar-refractivity contribution is 0.0264. The molecule has 118 valence electrons. The van der Waals surface area contributed by atoms with Gasteiger partial charge in [0, 0.05) is 37.9 Å². The van der Waals surface area contributed by atoms with Crippen LogP contribution >= 0.6 is 0 Å². The molecule has 0 unspecified atom stereocenters. The van der Waals surface area contributed by atoms with Crippen LogP contribution in [0.2, 0.25) is 0 Å². The van der Waals surface area contributed by atoms with Crippen molar-refractivity contribution >= 4 is 5.82 Å². The van der Waals surface area contributed by atoms with Crippen LogP contribution in [0.3, 0.4) is 0 Å². The number of rotatable bonds is 5. The molecule has 2 aromatic heterocycles. The Morgan fingerprint density at radius 1 is 1.36 bits per heavy atom. The lowest BCUT2D eigenvalue weighted by atomic mass is 9.88. The predicted octanol–water partition coefficient (Wildman–Crippen LogP) is 2.87. The molecule has 0 aromatic carbocycles. The van der Waals surface area contributed by atoms with Gasteiger partial charge in [0.05, 0.1) is 6.10 Å². The standard InChI is InChI=1S/C16H22N4O2/c1-10(2)15-18-16(22-19-15)11-5-6-17-14(7-11)20(3)12-8-13(9-12)21-4/h5-7,10,12-13H,8-9H2,1-4H3. The number of hydrogen-bond acceptors (Lipinski definition) is 6. The van der Waals surface area contributed by atoms with Gasteiger partial charge >= 0.3 is 0 Å². The zero-order chi connectivity index (χ0) is 15.7. The number of methoxy groups -OCH3 is 1. The van der Waals surface area contributed by atoms with Gasteiger partial charge in [-0.3, -0.25) is 0 Å². The quantitative estimate of drug-likeness (QED) is 0.846. The molecule has 2 aromatic rings. The van der Waals surface area contributed by atoms with Gasteiger partial charge in [-0.15, -0.1) is 0 Å². The molecule has 22 heavy (non-hydrogen) atoms. The Labute approximate surface area is 130 Å². The summed E-state index contributed by atoms with van der Waals surface area (Å²) in [6.45, 7) is 4.09. The SMILES string of the molecule is COC1CC(N(C)c2cc(-c3nc(C(C)C)no3)ccn2)C1. The Balaban J connectivity index is 1.77. The van der Waals surface area contributed by atoms with Gasteiger partial charge in [-0.1, -0.05) is 19.0 Å². The largest absolute Gasteiger partial charge is 0.381 e. The molecular weight excluding hydrogens is 280 g/mol. The van der Waals surface area contributed by atoms with E-state index < -0.39 is 0 Å². The van der Waals surface area contributed by atoms with Gasteiger partial charge in [-0.25, -0.2) is 4.98 Å². The molecular formula is C16H22N4O2. The fraction of sp³-hybridized carbons (Fsp3) is 0.562. The summed E-state index contributed by atoms with van der Waals surface area (Å²) in [6, 6.07) is 4.37. The van der Waals surface area contributed by atoms with Gasteiger partial charge in [0.1, 0.15) is 5.82 Å². The normalized spacial score (nSPS) is 21.0. The van der Waals surface area contributed by atoms with Gasteiger partial charge in [0.25, 0.3) is 5.89 Å². The third kappa shape index (κ3) is 2.83. The molecule has 3 rings (SSSR count). The Morgan fingerprint density at radius 2 is 2.14 bits per heavy atom. The highest BCUT2D eigenvalue weighted by molar-refractivity contribution is 5.58. The fourth-order valence-electron chi connectivity index (χ4n) is 2.56. The Hall–Kier alpha value is -1.95. The molecule has 1 aliphatic carbocycles. The predicted molar refractivity (Wildman–Crippen MR) is 83.8 cm³/mol. The van der Waals surface area contributed by atoms with E-state index in [4.69, 9.17) is 9.26 Å². The maximum atomic E-state index is 5.35. The van der Waals surface area contributed by atoms with E-state index in [-0.39, 0.29) is 5.92 Å². The summed E-state index contributed by atoms with van der Waals surface area (Å²) in [5.41, 5.74) is 0.902. The molecule has 2 heterocycles. The van der Waals surface area contributed by atoms with Crippen molar-refractivity contribution in [2.24, 2.45) is 0 Å². The highest BCUT2D eigenvalue weighted by atomic mass is 16.5. The molecule has 0 N–H and O–H groups in total. The molecule has 0 atom stereocenters. The van der Waals surface area contributed by atoms with Gasteiger partial charge in [0.15, 0.2) is 5.82 Å². The minimum atomic E-state index is 0.252. The average Bonchev–Trinajstić information content (AvgIpc) is 2.96. The van der Waals surface area contributed by atoms with Crippen LogP contribution in [0.1, 0.15) is 38.4 Å². The second-order valence-electron chi connectivity index (χ2n) is 6.11. The smallest absolute Gasteiger partial charge is 0.258 e. The highest BCUT2D eigenvalue weighted by Gasteiger charge is 2.32. The summed E-state index contributed by atoms with van der Waals surface area (Å²) < 4.78 is 10.7. The number of pyridine rings is 1. The summed E-state index contributed by atoms with van der Waals surface area (Å²) in [6.07, 6.45) is 4.24. The van der Waals surface area contributed by atoms with Crippen LogP contribution in [0.4, 0.5) is 5.82 Å². The lowest BCUT2D eigenvalue weighted by Crippen LogP contribution is -2.46. The molecule has 0 bridgehead atoms. The van der Waals surface area contributed by atoms with E-state index in [1.165, 1.54) is 0 Å². The monoisotopic (exact) mass is 302 g/mol. The number of hydrogen-bond donors (Lipinski definition) is 0. The van der Waals surface area contributed by atoms with Crippen LogP contribution in [0.25, 0.3) is 11.5 Å². The molecule has 0 aliphatic heterocycles. The van der Waals surface area contributed by atoms with Crippen LogP contribution < -0.4 is 4.90 Å². The van der Waals surface area contributed by atoms with Crippen molar-refractivity contribution in [3.63, 3.8) is 0 Å². The second kappa shape index (κ2) is 6.04. The van der Waals surface area contributed by atoms with Crippen molar-refractivity contribution < 1.29 is 9.26 Å². The van der Waals surface area contributed by atoms with E-state index in [9.17, 15) is 0 Å². The number of ether oxygens (including phenoxy) is 1. The first-order valence-corrected chi connectivity index (χ1v) is 7.64. The van der Waals surface area contributed by atoms with E-state index in [1.54, 1.807) is 13.3 Å². The van der Waals surface area contributed by atoms with Crippen molar-refractivity contribution in [2.75, 3.05) is 19.1 Å². The molecule has 0 saturated heterocycles. The van der Waals surface area contributed by atoms with Crippen LogP contribution in [-0.4, -0.2) is 41.4 Å². The molecule has 0 amide bonds. The molecule has 0 spiro atoms. The summed E-state index contributed by atoms with van der Waals surface area (Å²) >= 11 is 0. The van der Waals surface area contributed by atoms with Gasteiger partial charge in [-0.05, 0) is 25.0 Å². The second-order valence-corrected chi connectivity index (χ2v) is 6.11. The van der Waals surface area contributed by atoms with Crippen LogP contribution in [0.5, 0.6) is 0 Å². The van der Waals surface area contributed by atoms with Crippen LogP contribution in [0, 0.1) is 0 Å². The Kier molecular flexibility index (Phi) is 4.11. The molecule has 6 heteroatoms. The maximum Gasteiger partial charge on any atom is 0.258 e. The highest BCUT2D eigenvalue weighted by Crippen LogP contribution is 2.31. The van der Waals surface area contributed by atoms with E-state index in [1.807, 2.05) is 26.0 Å². The van der Waals surface area contributed by atoms with Crippen LogP contribution in [-0.2, 0) is 4.74 Å². The number of aromatic nitrogens is 3. The van der Waals surface area contributed by atoms with Crippen molar-refractivity contribution in [2.45, 2.75) is 44.8 Å². The zero-order valence-corrected chi connectivity index (χ0v) is 13.5. The average molecular weight is 302 g/mol. The van der Waals surface area contributed by atoms with E-state index in [2.05, 4.69) is 27.1 Å². The number of anilines is 1. The fourth-order valence-corrected chi connectivity index (χ4v) is 2.56. The first-order valence-electron chi connectivity index (χ1n) is 7.64. The summed E-state index contributed by atoms with van der Waals surface area (Å²) in [5.74, 6) is 2.44. The van der Waals surface area contributed by atoms with Crippen molar-refractivity contribution in [1.29, 1.82) is 0 Å². The minimum Gasteiger partial charge on any atom is -0.381 e. The third-order valence-corrected chi connectivity index (χ3v) is 4.26. The molecule has 6 nitrogen and oxygen atoms in total. The van der Waals surface area contributed by atoms with Crippen molar-refractivity contribution in [3.8, 4) is 11.5 Å². The van der Waals surface area contributed by atoms with Crippen LogP contribution in [0.15, 0.2) is 22.9 Å². The molecule has 1 saturated carbocycles. The molecule has 1 fully saturated rings. The van der Waals surface area contributed by atoms with Gasteiger partial charge in [-0.2, -0.15) is 4.98 Å². The first-order chi connectivity index (χ1) is 10.6. The number of nitrogens with zero attached hydrogens (tertiary/aromatic N) is 4. The van der Waals surface area contributed by atoms with Crippen molar-refractivity contribution in [1.82, 2.24) is 15.1 Å². The van der Waals surface area contributed by atoms with E-state index >= 15 is 0 Å². The first kappa shape index (κ1) is 15.0. The lowest BCUT2D eigenvalue weighted by Gasteiger charge is -2.40. The summed E-state index contributed by atoms with van der Waals surface area (Å²) in [7, 11) is 3.83. The van der Waals surface area contributed by atoms with Gasteiger partial charge in [0.2, 0.25) is 0 Å². The topological polar surface area (TPSA) is 64.3 Å². The summed E-state index contributed by atoms with van der Waals surface area (Å²) in [5, 5.41) is 4.01. The van der Waals surface area contributed by atoms with Gasteiger partial charge < -0.3 is 14.2 Å². The zero-order valence-electron chi connectivity index (χ0n) is 13.5. The Morgan fingerprint density at radius 3 is 2.77 bits per heavy atom. The minimum absolute atomic E-state index is 0.252. The molecule has 0 radical (unpaired) electrons. The van der Waals surface area contributed by atoms with E-state index in [0.29, 0.717) is 18.0 Å². The third-order valence-electron chi connectivity index (χ3n) is 4.26. The Bertz CT molecular complexity index is 635. The van der Waals surface area contributed by atoms with E-state index in [0.717, 1.165) is 30.0 Å².